The summed E-state index contributed by atoms with van der Waals surface area (Å²) >= 11 is 0. The van der Waals surface area contributed by atoms with Gasteiger partial charge in [-0.05, 0) is 0 Å². The third kappa shape index (κ3) is 1.65. The van der Waals surface area contributed by atoms with E-state index in [1.165, 1.54) is 21.7 Å². The topological polar surface area (TPSA) is 88.6 Å². The first kappa shape index (κ1) is 10.6. The highest BCUT2D eigenvalue weighted by Crippen LogP contribution is 2.19. The van der Waals surface area contributed by atoms with Crippen LogP contribution in [0, 0.1) is 10.1 Å². The molecule has 86 valence electrons. The Morgan fingerprint density at radius 3 is 2.69 bits per heavy atom. The summed E-state index contributed by atoms with van der Waals surface area (Å²) in [6, 6.07) is 1.24. The minimum Gasteiger partial charge on any atom is -0.389 e. The number of aliphatic hydroxyl groups excluding tert-OH is 1. The number of rotatable bonds is 2. The van der Waals surface area contributed by atoms with Crippen LogP contribution in [0.15, 0.2) is 12.3 Å². The van der Waals surface area contributed by atoms with Crippen molar-refractivity contribution < 1.29 is 14.8 Å². The Bertz CT molecular complexity index is 448. The van der Waals surface area contributed by atoms with Crippen molar-refractivity contribution in [1.82, 2.24) is 9.47 Å². The van der Waals surface area contributed by atoms with Gasteiger partial charge in [-0.15, -0.1) is 0 Å². The Morgan fingerprint density at radius 2 is 2.25 bits per heavy atom. The molecule has 7 heteroatoms. The largest absolute Gasteiger partial charge is 0.389 e. The monoisotopic (exact) mass is 225 g/mol. The summed E-state index contributed by atoms with van der Waals surface area (Å²) < 4.78 is 1.42. The zero-order valence-corrected chi connectivity index (χ0v) is 8.66. The summed E-state index contributed by atoms with van der Waals surface area (Å²) in [5.74, 6) is -0.291. The van der Waals surface area contributed by atoms with Crippen LogP contribution in [0.4, 0.5) is 5.69 Å². The number of aromatic nitrogens is 1. The molecule has 7 nitrogen and oxygen atoms in total. The summed E-state index contributed by atoms with van der Waals surface area (Å²) in [6.07, 6.45) is 0.822. The molecule has 1 fully saturated rings. The van der Waals surface area contributed by atoms with Gasteiger partial charge in [0.2, 0.25) is 0 Å². The van der Waals surface area contributed by atoms with Crippen molar-refractivity contribution in [3.63, 3.8) is 0 Å². The number of carbonyl (C=O) groups excluding carboxylic acids is 1. The van der Waals surface area contributed by atoms with Gasteiger partial charge >= 0.3 is 0 Å². The first-order valence-corrected chi connectivity index (χ1v) is 4.77. The quantitative estimate of drug-likeness (QED) is 0.555. The van der Waals surface area contributed by atoms with Gasteiger partial charge in [-0.2, -0.15) is 0 Å². The summed E-state index contributed by atoms with van der Waals surface area (Å²) in [5, 5.41) is 19.6. The van der Waals surface area contributed by atoms with Crippen LogP contribution < -0.4 is 0 Å². The smallest absolute Gasteiger partial charge is 0.287 e. The number of β-amino-alcohol motifs (C(OH)–C–C–N with tert-alkyl or cyclic N) is 1. The number of nitrogens with zero attached hydrogens (tertiary/aromatic N) is 3. The van der Waals surface area contributed by atoms with Crippen molar-refractivity contribution in [2.45, 2.75) is 6.10 Å². The van der Waals surface area contributed by atoms with E-state index >= 15 is 0 Å². The third-order valence-corrected chi connectivity index (χ3v) is 2.57. The lowest BCUT2D eigenvalue weighted by atomic mass is 10.1. The lowest BCUT2D eigenvalue weighted by molar-refractivity contribution is -0.384. The van der Waals surface area contributed by atoms with Gasteiger partial charge in [0.05, 0.1) is 17.2 Å². The van der Waals surface area contributed by atoms with Crippen LogP contribution in [0.3, 0.4) is 0 Å². The average molecular weight is 225 g/mol. The molecular weight excluding hydrogens is 214 g/mol. The third-order valence-electron chi connectivity index (χ3n) is 2.57. The highest BCUT2D eigenvalue weighted by molar-refractivity contribution is 5.94. The van der Waals surface area contributed by atoms with Crippen LogP contribution in [-0.2, 0) is 7.05 Å². The van der Waals surface area contributed by atoms with Crippen LogP contribution in [0.2, 0.25) is 0 Å². The Hall–Kier alpha value is -1.89. The van der Waals surface area contributed by atoms with E-state index in [0.29, 0.717) is 0 Å². The summed E-state index contributed by atoms with van der Waals surface area (Å²) in [7, 11) is 1.58. The van der Waals surface area contributed by atoms with Crippen molar-refractivity contribution >= 4 is 11.6 Å². The maximum Gasteiger partial charge on any atom is 0.287 e. The lowest BCUT2D eigenvalue weighted by Gasteiger charge is -2.35. The summed E-state index contributed by atoms with van der Waals surface area (Å²) in [4.78, 5) is 23.2. The lowest BCUT2D eigenvalue weighted by Crippen LogP contribution is -2.53. The van der Waals surface area contributed by atoms with E-state index in [-0.39, 0.29) is 30.4 Å². The molecule has 0 saturated carbocycles. The highest BCUT2D eigenvalue weighted by atomic mass is 16.6. The number of likely N-dealkylation sites (tertiary alicyclic amines) is 1. The number of hydrogen-bond donors (Lipinski definition) is 1. The maximum absolute atomic E-state index is 11.8. The molecule has 0 aromatic carbocycles. The average Bonchev–Trinajstić information content (AvgIpc) is 2.55. The first-order valence-electron chi connectivity index (χ1n) is 4.77. The number of aryl methyl sites for hydroxylation is 1. The second kappa shape index (κ2) is 3.60. The van der Waals surface area contributed by atoms with Gasteiger partial charge in [0.25, 0.3) is 11.6 Å². The molecule has 1 aromatic heterocycles. The van der Waals surface area contributed by atoms with Crippen LogP contribution in [-0.4, -0.2) is 44.6 Å². The highest BCUT2D eigenvalue weighted by Gasteiger charge is 2.31. The fraction of sp³-hybridized carbons (Fsp3) is 0.444. The standard InChI is InChI=1S/C9H11N3O4/c1-10-3-6(12(15)16)2-8(10)9(14)11-4-7(13)5-11/h2-3,7,13H,4-5H2,1H3. The Kier molecular flexibility index (Phi) is 2.39. The number of amides is 1. The molecule has 2 rings (SSSR count). The van der Waals surface area contributed by atoms with Gasteiger partial charge in [0.15, 0.2) is 0 Å². The van der Waals surface area contributed by atoms with Crippen molar-refractivity contribution in [3.05, 3.63) is 28.1 Å². The molecule has 0 spiro atoms. The Morgan fingerprint density at radius 1 is 1.62 bits per heavy atom. The van der Waals surface area contributed by atoms with Crippen LogP contribution in [0.5, 0.6) is 0 Å². The predicted molar refractivity (Wildman–Crippen MR) is 54.0 cm³/mol. The SMILES string of the molecule is Cn1cc([N+](=O)[O-])cc1C(=O)N1CC(O)C1. The molecule has 0 atom stereocenters. The van der Waals surface area contributed by atoms with Gasteiger partial charge in [-0.1, -0.05) is 0 Å². The molecule has 1 aromatic rings. The van der Waals surface area contributed by atoms with Gasteiger partial charge in [0, 0.05) is 26.2 Å². The van der Waals surface area contributed by atoms with Gasteiger partial charge in [0.1, 0.15) is 5.69 Å². The second-order valence-corrected chi connectivity index (χ2v) is 3.82. The zero-order chi connectivity index (χ0) is 11.9. The number of carbonyl (C=O) groups is 1. The maximum atomic E-state index is 11.8. The van der Waals surface area contributed by atoms with Crippen LogP contribution in [0.25, 0.3) is 0 Å². The van der Waals surface area contributed by atoms with Gasteiger partial charge < -0.3 is 14.6 Å². The number of hydrogen-bond acceptors (Lipinski definition) is 4. The van der Waals surface area contributed by atoms with Crippen molar-refractivity contribution in [1.29, 1.82) is 0 Å². The Labute approximate surface area is 91.0 Å². The molecule has 0 unspecified atom stereocenters. The van der Waals surface area contributed by atoms with Crippen LogP contribution in [0.1, 0.15) is 10.5 Å². The van der Waals surface area contributed by atoms with E-state index in [9.17, 15) is 14.9 Å². The fourth-order valence-corrected chi connectivity index (χ4v) is 1.64. The van der Waals surface area contributed by atoms with Crippen molar-refractivity contribution in [2.75, 3.05) is 13.1 Å². The molecule has 16 heavy (non-hydrogen) atoms. The Balaban J connectivity index is 2.20. The van der Waals surface area contributed by atoms with Gasteiger partial charge in [-0.25, -0.2) is 0 Å². The van der Waals surface area contributed by atoms with E-state index in [1.54, 1.807) is 7.05 Å². The van der Waals surface area contributed by atoms with E-state index < -0.39 is 11.0 Å². The molecule has 1 aliphatic rings. The normalized spacial score (nSPS) is 16.0. The molecule has 1 aliphatic heterocycles. The van der Waals surface area contributed by atoms with Gasteiger partial charge in [-0.3, -0.25) is 14.9 Å². The predicted octanol–water partition coefficient (Wildman–Crippen LogP) is -0.250. The summed E-state index contributed by atoms with van der Waals surface area (Å²) in [6.45, 7) is 0.579. The number of aliphatic hydroxyl groups is 1. The van der Waals surface area contributed by atoms with E-state index in [0.717, 1.165) is 0 Å². The van der Waals surface area contributed by atoms with Crippen molar-refractivity contribution in [3.8, 4) is 0 Å². The van der Waals surface area contributed by atoms with E-state index in [2.05, 4.69) is 0 Å². The molecule has 0 bridgehead atoms. The zero-order valence-electron chi connectivity index (χ0n) is 8.66. The molecule has 1 amide bonds. The molecule has 1 N–H and O–H groups in total. The minimum absolute atomic E-state index is 0.105. The van der Waals surface area contributed by atoms with Crippen molar-refractivity contribution in [2.24, 2.45) is 7.05 Å². The molecule has 0 aliphatic carbocycles. The van der Waals surface area contributed by atoms with E-state index in [4.69, 9.17) is 5.11 Å². The molecule has 1 saturated heterocycles. The molecular formula is C9H11N3O4. The first-order chi connectivity index (χ1) is 7.49. The van der Waals surface area contributed by atoms with E-state index in [1.807, 2.05) is 0 Å². The number of nitro groups is 1. The molecule has 2 heterocycles. The fourth-order valence-electron chi connectivity index (χ4n) is 1.64. The molecule has 0 radical (unpaired) electrons. The summed E-state index contributed by atoms with van der Waals surface area (Å²) in [5.41, 5.74) is 0.158. The minimum atomic E-state index is -0.540. The van der Waals surface area contributed by atoms with Crippen LogP contribution >= 0.6 is 0 Å². The second-order valence-electron chi connectivity index (χ2n) is 3.82.